The van der Waals surface area contributed by atoms with E-state index in [0.29, 0.717) is 5.92 Å². The second-order valence-electron chi connectivity index (χ2n) is 14.2. The van der Waals surface area contributed by atoms with Crippen molar-refractivity contribution in [3.05, 3.63) is 224 Å². The first-order valence-electron chi connectivity index (χ1n) is 18.9. The molecule has 1 unspecified atom stereocenters. The molecule has 0 fully saturated rings. The molecule has 0 bridgehead atoms. The zero-order valence-corrected chi connectivity index (χ0v) is 31.0. The summed E-state index contributed by atoms with van der Waals surface area (Å²) in [5.74, 6) is 0.481. The molecule has 0 heteroatoms. The molecule has 1 atom stereocenters. The van der Waals surface area contributed by atoms with Crippen molar-refractivity contribution in [2.75, 3.05) is 0 Å². The van der Waals surface area contributed by atoms with Crippen molar-refractivity contribution < 1.29 is 0 Å². The number of benzene rings is 7. The average Bonchev–Trinajstić information content (AvgIpc) is 3.23. The van der Waals surface area contributed by atoms with Crippen LogP contribution >= 0.6 is 0 Å². The summed E-state index contributed by atoms with van der Waals surface area (Å²) in [6.07, 6.45) is 22.7. The summed E-state index contributed by atoms with van der Waals surface area (Å²) >= 11 is 0. The Morgan fingerprint density at radius 2 is 1.15 bits per heavy atom. The van der Waals surface area contributed by atoms with Gasteiger partial charge in [-0.25, -0.2) is 0 Å². The smallest absolute Gasteiger partial charge is 0.00561 e. The van der Waals surface area contributed by atoms with E-state index in [-0.39, 0.29) is 0 Å². The molecule has 0 N–H and O–H groups in total. The molecule has 7 aromatic rings. The van der Waals surface area contributed by atoms with Crippen molar-refractivity contribution in [3.63, 3.8) is 0 Å². The van der Waals surface area contributed by atoms with Crippen LogP contribution in [0.25, 0.3) is 71.3 Å². The van der Waals surface area contributed by atoms with Crippen LogP contribution in [0.15, 0.2) is 218 Å². The first-order chi connectivity index (χ1) is 26.6. The zero-order valence-electron chi connectivity index (χ0n) is 31.0. The quantitative estimate of drug-likeness (QED) is 0.120. The van der Waals surface area contributed by atoms with Gasteiger partial charge in [-0.1, -0.05) is 194 Å². The Balaban J connectivity index is 0.000000468. The summed E-state index contributed by atoms with van der Waals surface area (Å²) in [7, 11) is 0. The summed E-state index contributed by atoms with van der Waals surface area (Å²) in [5, 5.41) is 7.70. The van der Waals surface area contributed by atoms with Crippen molar-refractivity contribution in [2.45, 2.75) is 20.3 Å². The van der Waals surface area contributed by atoms with E-state index in [1.807, 2.05) is 38.2 Å². The number of fused-ring (bicyclic) bond motifs is 4. The number of hydrogen-bond acceptors (Lipinski definition) is 0. The second-order valence-corrected chi connectivity index (χ2v) is 14.2. The Bertz CT molecular complexity index is 2650. The standard InChI is InChI=1S/C46H32.C8H12/c1-2-11-31(12-3-1)35-22-23-38-28-36(24-25-37(38)27-35)34-15-10-16-39(30-34)45-41-17-6-8-19-43(41)46(44-20-9-7-18-42(44)45)40-26-21-32-13-4-5-14-33(32)29-40;1-4-5-6-7-8(2)3/h1-20,22-30,32H,21H2;4-7H,2H2,1,3H3/b;5-4-,7-6-. The Morgan fingerprint density at radius 3 is 1.80 bits per heavy atom. The first kappa shape index (κ1) is 34.6. The number of hydrogen-bond donors (Lipinski definition) is 0. The number of rotatable bonds is 6. The molecular formula is C54H44. The third kappa shape index (κ3) is 7.12. The van der Waals surface area contributed by atoms with Gasteiger partial charge in [0.05, 0.1) is 0 Å². The van der Waals surface area contributed by atoms with Gasteiger partial charge in [0.1, 0.15) is 0 Å². The molecule has 260 valence electrons. The normalized spacial score (nSPS) is 15.0. The fourth-order valence-electron chi connectivity index (χ4n) is 7.81. The van der Waals surface area contributed by atoms with Gasteiger partial charge in [0.2, 0.25) is 0 Å². The van der Waals surface area contributed by atoms with Crippen molar-refractivity contribution in [3.8, 4) is 33.4 Å². The van der Waals surface area contributed by atoms with Gasteiger partial charge in [-0.15, -0.1) is 0 Å². The predicted molar refractivity (Wildman–Crippen MR) is 236 cm³/mol. The molecule has 0 amide bonds. The maximum absolute atomic E-state index is 3.71. The Hall–Kier alpha value is -6.50. The van der Waals surface area contributed by atoms with E-state index < -0.39 is 0 Å². The van der Waals surface area contributed by atoms with Crippen LogP contribution in [-0.4, -0.2) is 0 Å². The summed E-state index contributed by atoms with van der Waals surface area (Å²) in [5.41, 5.74) is 12.6. The molecular weight excluding hydrogens is 649 g/mol. The summed E-state index contributed by atoms with van der Waals surface area (Å²) < 4.78 is 0. The van der Waals surface area contributed by atoms with Crippen LogP contribution in [0, 0.1) is 5.92 Å². The van der Waals surface area contributed by atoms with E-state index in [1.165, 1.54) is 82.4 Å². The van der Waals surface area contributed by atoms with Gasteiger partial charge in [0, 0.05) is 5.92 Å². The van der Waals surface area contributed by atoms with E-state index >= 15 is 0 Å². The molecule has 54 heavy (non-hydrogen) atoms. The lowest BCUT2D eigenvalue weighted by molar-refractivity contribution is 0.783. The molecule has 0 nitrogen and oxygen atoms in total. The molecule has 2 aliphatic carbocycles. The van der Waals surface area contributed by atoms with Gasteiger partial charge in [0.15, 0.2) is 0 Å². The second kappa shape index (κ2) is 15.6. The van der Waals surface area contributed by atoms with Crippen molar-refractivity contribution in [1.29, 1.82) is 0 Å². The highest BCUT2D eigenvalue weighted by molar-refractivity contribution is 6.19. The molecule has 0 aromatic heterocycles. The van der Waals surface area contributed by atoms with Crippen LogP contribution in [0.4, 0.5) is 0 Å². The fraction of sp³-hybridized carbons (Fsp3) is 0.0741. The average molecular weight is 693 g/mol. The van der Waals surface area contributed by atoms with Gasteiger partial charge >= 0.3 is 0 Å². The SMILES string of the molecule is C1=CC2=CC(c3c4ccccc4c(-c4cccc(-c5ccc6cc(-c7ccccc7)ccc6c5)c4)c4ccccc34)=CCC2C=C1.C=C(C)/C=C\C=C/C. The molecule has 2 aliphatic rings. The maximum atomic E-state index is 3.71. The monoisotopic (exact) mass is 692 g/mol. The predicted octanol–water partition coefficient (Wildman–Crippen LogP) is 15.3. The minimum Gasteiger partial charge on any atom is -0.0961 e. The van der Waals surface area contributed by atoms with Crippen LogP contribution in [0.1, 0.15) is 25.8 Å². The molecule has 0 heterocycles. The minimum atomic E-state index is 0.481. The third-order valence-corrected chi connectivity index (χ3v) is 10.4. The van der Waals surface area contributed by atoms with Crippen molar-refractivity contribution in [2.24, 2.45) is 5.92 Å². The molecule has 0 aliphatic heterocycles. The largest absolute Gasteiger partial charge is 0.0961 e. The first-order valence-corrected chi connectivity index (χ1v) is 18.9. The Kier molecular flexibility index (Phi) is 10.0. The van der Waals surface area contributed by atoms with Crippen LogP contribution < -0.4 is 0 Å². The molecule has 0 saturated carbocycles. The minimum absolute atomic E-state index is 0.481. The Labute approximate surface area is 319 Å². The lowest BCUT2D eigenvalue weighted by atomic mass is 9.80. The highest BCUT2D eigenvalue weighted by Crippen LogP contribution is 2.45. The van der Waals surface area contributed by atoms with E-state index in [9.17, 15) is 0 Å². The van der Waals surface area contributed by atoms with Crippen LogP contribution in [-0.2, 0) is 0 Å². The van der Waals surface area contributed by atoms with Gasteiger partial charge in [-0.05, 0) is 121 Å². The summed E-state index contributed by atoms with van der Waals surface area (Å²) in [6.45, 7) is 7.67. The molecule has 9 rings (SSSR count). The summed E-state index contributed by atoms with van der Waals surface area (Å²) in [4.78, 5) is 0. The van der Waals surface area contributed by atoms with E-state index in [4.69, 9.17) is 0 Å². The van der Waals surface area contributed by atoms with Crippen molar-refractivity contribution >= 4 is 37.9 Å². The molecule has 0 saturated heterocycles. The molecule has 0 spiro atoms. The lowest BCUT2D eigenvalue weighted by Gasteiger charge is -2.24. The fourth-order valence-corrected chi connectivity index (χ4v) is 7.81. The van der Waals surface area contributed by atoms with Crippen LogP contribution in [0.3, 0.4) is 0 Å². The van der Waals surface area contributed by atoms with E-state index in [0.717, 1.165) is 12.0 Å². The third-order valence-electron chi connectivity index (χ3n) is 10.4. The van der Waals surface area contributed by atoms with Gasteiger partial charge in [-0.2, -0.15) is 0 Å². The van der Waals surface area contributed by atoms with Gasteiger partial charge in [0.25, 0.3) is 0 Å². The van der Waals surface area contributed by atoms with E-state index in [2.05, 4.69) is 183 Å². The highest BCUT2D eigenvalue weighted by atomic mass is 14.2. The van der Waals surface area contributed by atoms with Crippen molar-refractivity contribution in [1.82, 2.24) is 0 Å². The lowest BCUT2D eigenvalue weighted by Crippen LogP contribution is -2.06. The van der Waals surface area contributed by atoms with Crippen LogP contribution in [0.5, 0.6) is 0 Å². The van der Waals surface area contributed by atoms with Crippen LogP contribution in [0.2, 0.25) is 0 Å². The van der Waals surface area contributed by atoms with Gasteiger partial charge < -0.3 is 0 Å². The topological polar surface area (TPSA) is 0 Å². The number of allylic oxidation sites excluding steroid dienone is 13. The zero-order chi connectivity index (χ0) is 36.9. The highest BCUT2D eigenvalue weighted by Gasteiger charge is 2.21. The maximum Gasteiger partial charge on any atom is 0.00561 e. The molecule has 0 radical (unpaired) electrons. The van der Waals surface area contributed by atoms with Gasteiger partial charge in [-0.3, -0.25) is 0 Å². The Morgan fingerprint density at radius 1 is 0.574 bits per heavy atom. The van der Waals surface area contributed by atoms with E-state index in [1.54, 1.807) is 0 Å². The summed E-state index contributed by atoms with van der Waals surface area (Å²) in [6, 6.07) is 51.3. The molecule has 7 aromatic carbocycles.